The van der Waals surface area contributed by atoms with E-state index in [9.17, 15) is 18.4 Å². The van der Waals surface area contributed by atoms with Gasteiger partial charge < -0.3 is 21.3 Å². The quantitative estimate of drug-likeness (QED) is 0.415. The molecular weight excluding hydrogens is 564 g/mol. The molecule has 1 aliphatic carbocycles. The molecule has 1 aromatic heterocycles. The Morgan fingerprint density at radius 3 is 2.57 bits per heavy atom. The number of carbonyl (C=O) groups is 2. The lowest BCUT2D eigenvalue weighted by atomic mass is 9.84. The van der Waals surface area contributed by atoms with Gasteiger partial charge in [0, 0.05) is 54.4 Å². The molecule has 3 aliphatic rings. The highest BCUT2D eigenvalue weighted by Gasteiger charge is 2.29. The normalized spacial score (nSPS) is 18.0. The monoisotopic (exact) mass is 587 g/mol. The summed E-state index contributed by atoms with van der Waals surface area (Å²) < 4.78 is 29.6. The number of benzene rings is 2. The minimum absolute atomic E-state index is 0.0741. The van der Waals surface area contributed by atoms with Crippen molar-refractivity contribution < 1.29 is 18.4 Å². The Labute approximate surface area is 244 Å². The average Bonchev–Trinajstić information content (AvgIpc) is 3.16. The fourth-order valence-corrected chi connectivity index (χ4v) is 5.30. The maximum absolute atomic E-state index is 14.8. The minimum atomic E-state index is -0.713. The Bertz CT molecular complexity index is 1710. The van der Waals surface area contributed by atoms with Crippen LogP contribution in [0, 0.1) is 11.6 Å². The van der Waals surface area contributed by atoms with Gasteiger partial charge in [0.25, 0.3) is 5.91 Å². The van der Waals surface area contributed by atoms with Crippen molar-refractivity contribution in [1.82, 2.24) is 20.2 Å². The van der Waals surface area contributed by atoms with Gasteiger partial charge in [-0.15, -0.1) is 0 Å². The minimum Gasteiger partial charge on any atom is -0.368 e. The maximum Gasteiger partial charge on any atom is 0.253 e. The van der Waals surface area contributed by atoms with Crippen LogP contribution in [0.25, 0.3) is 11.1 Å². The first-order chi connectivity index (χ1) is 20.3. The zero-order chi connectivity index (χ0) is 29.4. The maximum atomic E-state index is 14.8. The highest BCUT2D eigenvalue weighted by Crippen LogP contribution is 2.41. The molecule has 2 amide bonds. The number of nitrogens with one attached hydrogen (secondary N) is 2. The lowest BCUT2D eigenvalue weighted by Gasteiger charge is -2.32. The van der Waals surface area contributed by atoms with E-state index in [1.807, 2.05) is 6.08 Å². The van der Waals surface area contributed by atoms with Crippen LogP contribution in [0.4, 0.5) is 20.4 Å². The van der Waals surface area contributed by atoms with Crippen molar-refractivity contribution in [2.24, 2.45) is 10.7 Å². The molecule has 1 unspecified atom stereocenters. The predicted octanol–water partition coefficient (Wildman–Crippen LogP) is 3.96. The van der Waals surface area contributed by atoms with Gasteiger partial charge in [0.15, 0.2) is 0 Å². The van der Waals surface area contributed by atoms with Crippen LogP contribution in [0.5, 0.6) is 0 Å². The van der Waals surface area contributed by atoms with Crippen LogP contribution in [0.2, 0.25) is 0 Å². The molecule has 0 radical (unpaired) electrons. The number of piperazine rings is 1. The number of halogens is 3. The molecule has 1 saturated heterocycles. The second-order valence-corrected chi connectivity index (χ2v) is 10.3. The van der Waals surface area contributed by atoms with Crippen LogP contribution >= 0.6 is 11.6 Å². The number of nitrogens with zero attached hydrogens (tertiary/aromatic N) is 4. The standard InChI is InChI=1S/C30H24ClF2N7O2/c31-25-12-20(26-22(32)2-1-3-23(26)33)19-9-6-17-13-37-30(39-27(17)21(19)14-36-25)38-18-7-4-16(5-8-18)29(42)40-11-10-35-24(15-40)28(34)41/h1-5,7-9,12-14,24,35H,6,10-11,15H2,(H2,34,41)(H,37,38,39). The van der Waals surface area contributed by atoms with Crippen LogP contribution in [-0.4, -0.2) is 57.5 Å². The molecule has 3 heterocycles. The number of allylic oxidation sites excluding steroid dienone is 5. The Balaban J connectivity index is 1.24. The van der Waals surface area contributed by atoms with Gasteiger partial charge in [0.1, 0.15) is 22.8 Å². The number of hydrogen-bond donors (Lipinski definition) is 3. The lowest BCUT2D eigenvalue weighted by Crippen LogP contribution is -2.57. The second-order valence-electron chi connectivity index (χ2n) is 9.90. The Morgan fingerprint density at radius 1 is 1.07 bits per heavy atom. The first kappa shape index (κ1) is 27.4. The zero-order valence-electron chi connectivity index (χ0n) is 22.1. The van der Waals surface area contributed by atoms with Crippen molar-refractivity contribution in [2.45, 2.75) is 12.5 Å². The Kier molecular flexibility index (Phi) is 7.36. The van der Waals surface area contributed by atoms with Crippen molar-refractivity contribution in [1.29, 1.82) is 0 Å². The number of hydrogen-bond acceptors (Lipinski definition) is 7. The predicted molar refractivity (Wildman–Crippen MR) is 156 cm³/mol. The largest absolute Gasteiger partial charge is 0.368 e. The van der Waals surface area contributed by atoms with E-state index in [0.29, 0.717) is 47.6 Å². The third-order valence-corrected chi connectivity index (χ3v) is 7.44. The summed E-state index contributed by atoms with van der Waals surface area (Å²) in [5, 5.41) is 6.22. The fraction of sp³-hybridized carbons (Fsp3) is 0.167. The number of nitrogens with two attached hydrogens (primary N) is 1. The first-order valence-electron chi connectivity index (χ1n) is 13.1. The molecule has 6 rings (SSSR count). The Hall–Kier alpha value is -4.74. The summed E-state index contributed by atoms with van der Waals surface area (Å²) in [5.74, 6) is -1.84. The lowest BCUT2D eigenvalue weighted by molar-refractivity contribution is -0.120. The molecule has 1 atom stereocenters. The fourth-order valence-electron chi connectivity index (χ4n) is 5.14. The van der Waals surface area contributed by atoms with E-state index in [4.69, 9.17) is 22.3 Å². The van der Waals surface area contributed by atoms with Gasteiger partial charge in [0.2, 0.25) is 11.9 Å². The second kappa shape index (κ2) is 11.3. The van der Waals surface area contributed by atoms with Crippen molar-refractivity contribution in [3.05, 3.63) is 107 Å². The number of aromatic nitrogens is 2. The van der Waals surface area contributed by atoms with E-state index in [-0.39, 0.29) is 34.7 Å². The molecule has 4 N–H and O–H groups in total. The Morgan fingerprint density at radius 2 is 1.83 bits per heavy atom. The molecule has 0 saturated carbocycles. The molecule has 9 nitrogen and oxygen atoms in total. The van der Waals surface area contributed by atoms with E-state index >= 15 is 0 Å². The molecule has 3 aromatic rings. The van der Waals surface area contributed by atoms with Gasteiger partial charge >= 0.3 is 0 Å². The summed E-state index contributed by atoms with van der Waals surface area (Å²) in [6, 6.07) is 9.92. The highest BCUT2D eigenvalue weighted by atomic mass is 35.5. The van der Waals surface area contributed by atoms with Crippen molar-refractivity contribution >= 4 is 51.4 Å². The van der Waals surface area contributed by atoms with Gasteiger partial charge in [-0.05, 0) is 60.0 Å². The highest BCUT2D eigenvalue weighted by molar-refractivity contribution is 6.69. The van der Waals surface area contributed by atoms with Gasteiger partial charge in [-0.3, -0.25) is 9.59 Å². The van der Waals surface area contributed by atoms with E-state index < -0.39 is 23.6 Å². The van der Waals surface area contributed by atoms with Crippen LogP contribution in [0.1, 0.15) is 27.2 Å². The van der Waals surface area contributed by atoms with Crippen LogP contribution in [-0.2, 0) is 11.2 Å². The van der Waals surface area contributed by atoms with Crippen molar-refractivity contribution in [3.8, 4) is 0 Å². The first-order valence-corrected chi connectivity index (χ1v) is 13.5. The van der Waals surface area contributed by atoms with E-state index in [2.05, 4.69) is 20.6 Å². The topological polar surface area (TPSA) is 126 Å². The van der Waals surface area contributed by atoms with Crippen molar-refractivity contribution in [2.75, 3.05) is 25.0 Å². The molecule has 0 bridgehead atoms. The molecule has 12 heteroatoms. The van der Waals surface area contributed by atoms with Gasteiger partial charge in [-0.25, -0.2) is 23.7 Å². The summed E-state index contributed by atoms with van der Waals surface area (Å²) in [6.45, 7) is 1.15. The summed E-state index contributed by atoms with van der Waals surface area (Å²) in [4.78, 5) is 39.5. The zero-order valence-corrected chi connectivity index (χ0v) is 22.8. The number of amides is 2. The van der Waals surface area contributed by atoms with Crippen LogP contribution in [0.15, 0.2) is 77.6 Å². The number of aliphatic imine (C=N–C) groups is 1. The number of carbonyl (C=O) groups excluding carboxylic acids is 2. The van der Waals surface area contributed by atoms with Gasteiger partial charge in [-0.1, -0.05) is 23.7 Å². The van der Waals surface area contributed by atoms with E-state index in [0.717, 1.165) is 5.56 Å². The third kappa shape index (κ3) is 5.31. The van der Waals surface area contributed by atoms with Gasteiger partial charge in [-0.2, -0.15) is 0 Å². The van der Waals surface area contributed by atoms with Gasteiger partial charge in [0.05, 0.1) is 11.3 Å². The van der Waals surface area contributed by atoms with E-state index in [1.165, 1.54) is 30.5 Å². The molecule has 1 fully saturated rings. The summed E-state index contributed by atoms with van der Waals surface area (Å²) in [6.07, 6.45) is 6.95. The number of primary amides is 1. The van der Waals surface area contributed by atoms with Crippen LogP contribution < -0.4 is 16.4 Å². The molecular formula is C30H24ClF2N7O2. The molecule has 212 valence electrons. The summed E-state index contributed by atoms with van der Waals surface area (Å²) >= 11 is 6.27. The summed E-state index contributed by atoms with van der Waals surface area (Å²) in [5.41, 5.74) is 9.04. The number of fused-ring (bicyclic) bond motifs is 3. The summed E-state index contributed by atoms with van der Waals surface area (Å²) in [7, 11) is 0. The van der Waals surface area contributed by atoms with E-state index in [1.54, 1.807) is 35.4 Å². The smallest absolute Gasteiger partial charge is 0.253 e. The number of anilines is 2. The molecule has 2 aromatic carbocycles. The molecule has 42 heavy (non-hydrogen) atoms. The molecule has 2 aliphatic heterocycles. The number of rotatable bonds is 5. The van der Waals surface area contributed by atoms with Crippen molar-refractivity contribution in [3.63, 3.8) is 0 Å². The molecule has 0 spiro atoms. The van der Waals surface area contributed by atoms with Crippen LogP contribution in [0.3, 0.4) is 0 Å². The SMILES string of the molecule is NC(=O)C1CN(C(=O)c2ccc(Nc3ncc4c(n3)C3=CN=C(Cl)C=C(c5c(F)cccc5F)C3=CC4)cc2)CCN1. The third-order valence-electron chi connectivity index (χ3n) is 7.23. The average molecular weight is 588 g/mol.